The van der Waals surface area contributed by atoms with Crippen molar-refractivity contribution in [3.05, 3.63) is 267 Å². The summed E-state index contributed by atoms with van der Waals surface area (Å²) in [7, 11) is 2.90. The normalized spacial score (nSPS) is 11.7. The number of rotatable bonds is 17. The number of nitrogens with zero attached hydrogens (tertiary/aromatic N) is 3. The number of ketones is 2. The fourth-order valence-electron chi connectivity index (χ4n) is 8.62. The first-order valence-electron chi connectivity index (χ1n) is 30.1. The minimum absolute atomic E-state index is 0. The van der Waals surface area contributed by atoms with E-state index in [9.17, 15) is 46.2 Å². The van der Waals surface area contributed by atoms with Gasteiger partial charge in [0.2, 0.25) is 6.41 Å². The van der Waals surface area contributed by atoms with Crippen molar-refractivity contribution >= 4 is 153 Å². The molecule has 1 heterocycles. The second kappa shape index (κ2) is 47.4. The predicted molar refractivity (Wildman–Crippen MR) is 408 cm³/mol. The van der Waals surface area contributed by atoms with Crippen LogP contribution in [0.3, 0.4) is 0 Å². The van der Waals surface area contributed by atoms with Crippen molar-refractivity contribution < 1.29 is 127 Å². The van der Waals surface area contributed by atoms with E-state index in [-0.39, 0.29) is 131 Å². The summed E-state index contributed by atoms with van der Waals surface area (Å²) in [5, 5.41) is 31.4. The van der Waals surface area contributed by atoms with Gasteiger partial charge in [0.15, 0.2) is 17.2 Å². The van der Waals surface area contributed by atoms with Crippen LogP contribution in [0.1, 0.15) is 87.9 Å². The number of aliphatic imine (C=N–C) groups is 1. The summed E-state index contributed by atoms with van der Waals surface area (Å²) in [6.45, 7) is 15.7. The number of amides is 2. The van der Waals surface area contributed by atoms with Crippen LogP contribution in [0.15, 0.2) is 178 Å². The van der Waals surface area contributed by atoms with Crippen molar-refractivity contribution in [3.63, 3.8) is 0 Å². The van der Waals surface area contributed by atoms with Crippen LogP contribution >= 0.6 is 101 Å². The van der Waals surface area contributed by atoms with E-state index in [0.29, 0.717) is 102 Å². The van der Waals surface area contributed by atoms with Crippen molar-refractivity contribution in [2.45, 2.75) is 40.2 Å². The first-order valence-corrected chi connectivity index (χ1v) is 34.8. The number of hydroxylamine groups is 2. The van der Waals surface area contributed by atoms with Crippen LogP contribution in [0.4, 0.5) is 44.7 Å². The summed E-state index contributed by atoms with van der Waals surface area (Å²) in [6.07, 6.45) is 0.453. The van der Waals surface area contributed by atoms with Crippen molar-refractivity contribution in [1.82, 2.24) is 5.06 Å². The summed E-state index contributed by atoms with van der Waals surface area (Å²) in [4.78, 5) is 56.3. The van der Waals surface area contributed by atoms with E-state index >= 15 is 0 Å². The zero-order chi connectivity index (χ0) is 77.3. The fourth-order valence-corrected chi connectivity index (χ4v) is 10.1. The first-order chi connectivity index (χ1) is 49.0. The number of halogens is 12. The molecule has 0 aromatic heterocycles. The molecule has 0 spiro atoms. The number of hydrogen-bond donors (Lipinski definition) is 6. The minimum atomic E-state index is -1.77. The zero-order valence-corrected chi connectivity index (χ0v) is 68.4. The molecule has 9 N–H and O–H groups in total. The number of alkyl halides is 1. The summed E-state index contributed by atoms with van der Waals surface area (Å²) in [6, 6.07) is 38.1. The topological polar surface area (TPSA) is 284 Å². The molecule has 9 aromatic carbocycles. The fraction of sp³-hybridized carbons (Fsp3) is 0.178. The van der Waals surface area contributed by atoms with Crippen LogP contribution in [-0.4, -0.2) is 90.0 Å². The number of hydrogen-bond acceptors (Lipinski definition) is 16. The molecule has 18 nitrogen and oxygen atoms in total. The third-order valence-corrected chi connectivity index (χ3v) is 15.4. The molecule has 1 aliphatic heterocycles. The number of phenolic OH excluding ortho intramolecular Hbond substituents is 1. The van der Waals surface area contributed by atoms with E-state index < -0.39 is 28.8 Å². The molecule has 0 saturated carbocycles. The summed E-state index contributed by atoms with van der Waals surface area (Å²) < 4.78 is 88.7. The number of fused-ring (bicyclic) bond motifs is 1. The minimum Gasteiger partial charge on any atom is -0.512 e. The van der Waals surface area contributed by atoms with Crippen LogP contribution in [0.5, 0.6) is 28.7 Å². The van der Waals surface area contributed by atoms with Crippen molar-refractivity contribution in [2.24, 2.45) is 10.7 Å². The Morgan fingerprint density at radius 1 is 0.558 bits per heavy atom. The molecule has 1 atom stereocenters. The Labute approximate surface area is 691 Å². The van der Waals surface area contributed by atoms with Crippen LogP contribution in [0.2, 0.25) is 20.1 Å². The second-order valence-corrected chi connectivity index (χ2v) is 25.0. The van der Waals surface area contributed by atoms with Gasteiger partial charge in [0.25, 0.3) is 5.91 Å². The number of carbonyl (C=O) groups excluding carboxylic acids is 4. The van der Waals surface area contributed by atoms with E-state index in [1.165, 1.54) is 122 Å². The zero-order valence-electron chi connectivity index (χ0n) is 56.9. The van der Waals surface area contributed by atoms with Gasteiger partial charge < -0.3 is 63.5 Å². The van der Waals surface area contributed by atoms with E-state index in [1.807, 2.05) is 6.92 Å². The number of aromatic hydroxyl groups is 1. The van der Waals surface area contributed by atoms with Gasteiger partial charge in [-0.25, -0.2) is 32.0 Å². The Balaban J connectivity index is 0.000000427. The van der Waals surface area contributed by atoms with Gasteiger partial charge >= 0.3 is 51.4 Å². The number of ether oxygens (including phenoxy) is 4. The van der Waals surface area contributed by atoms with Crippen molar-refractivity contribution in [2.75, 3.05) is 61.8 Å². The molecule has 104 heavy (non-hydrogen) atoms. The van der Waals surface area contributed by atoms with Gasteiger partial charge in [-0.3, -0.25) is 24.0 Å². The average molecular weight is 1780 g/mol. The summed E-state index contributed by atoms with van der Waals surface area (Å²) in [5.41, 5.74) is 18.7. The maximum Gasteiger partial charge on any atom is 1.00 e. The van der Waals surface area contributed by atoms with Crippen molar-refractivity contribution in [3.8, 4) is 28.7 Å². The monoisotopic (exact) mass is 1780 g/mol. The van der Waals surface area contributed by atoms with Gasteiger partial charge in [-0.05, 0) is 222 Å². The molecular weight excluding hydrogens is 1710 g/mol. The van der Waals surface area contributed by atoms with Gasteiger partial charge in [-0.15, -0.1) is 0 Å². The molecule has 0 fully saturated rings. The maximum atomic E-state index is 13.7. The van der Waals surface area contributed by atoms with E-state index in [0.717, 1.165) is 11.1 Å². The molecule has 31 heteroatoms. The molecule has 0 saturated heterocycles. The molecule has 1 aliphatic rings. The second-order valence-electron chi connectivity index (χ2n) is 20.0. The van der Waals surface area contributed by atoms with Gasteiger partial charge in [0.05, 0.1) is 70.5 Å². The van der Waals surface area contributed by atoms with Crippen molar-refractivity contribution in [1.29, 1.82) is 5.26 Å². The molecule has 0 radical (unpaired) electrons. The number of phenols is 1. The largest absolute Gasteiger partial charge is 1.00 e. The molecule has 1 unspecified atom stereocenters. The Morgan fingerprint density at radius 2 is 0.981 bits per heavy atom. The number of carbonyl (C=O) groups is 4. The third kappa shape index (κ3) is 28.0. The SMILES string of the molecule is CCI.CCOc1cc(F)ccc1C(=O)c1cc(Cl)ccc1N.CCOc1ccc(F)cc1Br.CCOc1ccc(F)cc1C(=O)c1cc(Cl)ccc1NC=O.CCOc1ccc(F)cc1C1(O)C(N)=Nc2ccc(Cl)cc21.CON(C)C(=O)c1cc(Cl)ccc1N.Oc1ccc(F)cc1Br.[C-]#N.[K+]. The number of aliphatic hydroxyl groups is 1. The predicted octanol–water partition coefficient (Wildman–Crippen LogP) is 15.9. The number of anilines is 3. The number of benzene rings is 9. The average Bonchev–Trinajstić information content (AvgIpc) is 1.57. The third-order valence-electron chi connectivity index (χ3n) is 13.2. The van der Waals surface area contributed by atoms with Gasteiger partial charge in [-0.2, -0.15) is 0 Å². The maximum absolute atomic E-state index is 13.7. The Morgan fingerprint density at radius 3 is 1.52 bits per heavy atom. The van der Waals surface area contributed by atoms with E-state index in [4.69, 9.17) is 104 Å². The molecule has 0 aliphatic carbocycles. The number of amidine groups is 1. The smallest absolute Gasteiger partial charge is 0.512 e. The summed E-state index contributed by atoms with van der Waals surface area (Å²) >= 11 is 32.0. The van der Waals surface area contributed by atoms with Gasteiger partial charge in [-0.1, -0.05) is 75.9 Å². The number of nitrogen functional groups attached to an aromatic ring is 2. The molecule has 2 amide bonds. The standard InChI is InChI=1S/C16H14ClFN2O2.C16H13ClFNO3.C15H13ClFNO2.C9H11ClN2O2.C8H8BrFO.C6H4BrFO.C2H5I.CN.K/c1-2-22-14-6-4-10(18)8-12(14)16(21)11-7-9(17)3-5-13(11)20-15(16)19;1-2-22-15-6-4-11(18)8-13(15)16(21)12-7-10(17)3-5-14(12)19-9-20;1-2-20-14-8-10(17)4-5-11(14)15(19)12-7-9(16)3-6-13(12)18;1-12(14-2)9(13)7-5-6(10)3-4-8(7)11;1-2-11-8-4-3-6(10)5-7(8)9;7-5-3-4(8)1-2-6(5)9;1-2-3;1-2;/h3-8,21H,2H2,1H3,(H2,19,20);3-9H,2H2,1H3,(H,19,20);3-8H,2,18H2,1H3;3-5H,11H2,1-2H3;3-5H,2H2,1H3;1-3,9H;2H2,1H3;;/q;;;;;;;-1;+1. The Bertz CT molecular complexity index is 4430. The number of nitrogens with one attached hydrogen (secondary N) is 1. The van der Waals surface area contributed by atoms with Crippen LogP contribution in [0.25, 0.3) is 0 Å². The quantitative estimate of drug-likeness (QED) is 0.00569. The van der Waals surface area contributed by atoms with E-state index in [1.54, 1.807) is 75.4 Å². The molecule has 10 rings (SSSR count). The molecule has 0 bridgehead atoms. The molecular formula is C73H68Br2Cl4F5IKN7O11. The van der Waals surface area contributed by atoms with E-state index in [2.05, 4.69) is 71.7 Å². The van der Waals surface area contributed by atoms with Crippen LogP contribution in [0, 0.1) is 40.9 Å². The Kier molecular flexibility index (Phi) is 42.4. The van der Waals surface area contributed by atoms with Gasteiger partial charge in [0.1, 0.15) is 63.7 Å². The molecule has 9 aromatic rings. The van der Waals surface area contributed by atoms with Crippen LogP contribution < -0.4 is 92.8 Å². The number of nitrogens with two attached hydrogens (primary N) is 3. The first kappa shape index (κ1) is 93.0. The van der Waals surface area contributed by atoms with Crippen LogP contribution in [-0.2, 0) is 15.2 Å². The Hall–Kier alpha value is -7.12. The molecule has 546 valence electrons. The van der Waals surface area contributed by atoms with Gasteiger partial charge in [0, 0.05) is 66.8 Å². The summed E-state index contributed by atoms with van der Waals surface area (Å²) in [5.74, 6) is -1.84.